The molecule has 7 nitrogen and oxygen atoms in total. The molecule has 8 heteroatoms. The second kappa shape index (κ2) is 17.2. The fourth-order valence-corrected chi connectivity index (χ4v) is 3.03. The van der Waals surface area contributed by atoms with Crippen LogP contribution in [0.15, 0.2) is 24.3 Å². The van der Waals surface area contributed by atoms with Gasteiger partial charge in [0.1, 0.15) is 14.7 Å². The molecule has 1 aromatic rings. The van der Waals surface area contributed by atoms with Crippen molar-refractivity contribution in [2.75, 3.05) is 13.2 Å². The van der Waals surface area contributed by atoms with Crippen molar-refractivity contribution in [3.63, 3.8) is 0 Å². The highest BCUT2D eigenvalue weighted by Gasteiger charge is 2.08. The first-order chi connectivity index (χ1) is 13.9. The molecule has 0 fully saturated rings. The molecular formula is C21H37N2O5P. The third-order valence-corrected chi connectivity index (χ3v) is 5.55. The molecule has 0 aliphatic heterocycles. The minimum atomic E-state index is -0.472. The third-order valence-electron chi connectivity index (χ3n) is 4.89. The maximum Gasteiger partial charge on any atom is 0.320 e. The molecule has 1 aromatic carbocycles. The lowest BCUT2D eigenvalue weighted by Gasteiger charge is -2.12. The molecule has 0 radical (unpaired) electrons. The molecule has 1 N–H and O–H groups in total. The number of carbonyl (C=O) groups is 1. The monoisotopic (exact) mass is 428 g/mol. The zero-order valence-electron chi connectivity index (χ0n) is 18.4. The number of hydrogen-bond acceptors (Lipinski definition) is 6. The summed E-state index contributed by atoms with van der Waals surface area (Å²) in [5.41, 5.74) is 0.00798. The third kappa shape index (κ3) is 13.2. The first kappa shape index (κ1) is 27.3. The van der Waals surface area contributed by atoms with Crippen molar-refractivity contribution in [3.05, 3.63) is 34.4 Å². The van der Waals surface area contributed by atoms with Gasteiger partial charge in [-0.05, 0) is 24.0 Å². The molecule has 0 spiro atoms. The van der Waals surface area contributed by atoms with Crippen molar-refractivity contribution in [1.82, 2.24) is 5.09 Å². The topological polar surface area (TPSA) is 90.7 Å². The van der Waals surface area contributed by atoms with E-state index in [4.69, 9.17) is 9.26 Å². The number of benzene rings is 1. The van der Waals surface area contributed by atoms with E-state index < -0.39 is 4.92 Å². The maximum atomic E-state index is 11.5. The lowest BCUT2D eigenvalue weighted by molar-refractivity contribution is -0.384. The van der Waals surface area contributed by atoms with E-state index >= 15 is 0 Å². The number of nitrogens with zero attached hydrogens (tertiary/aromatic N) is 1. The summed E-state index contributed by atoms with van der Waals surface area (Å²) >= 11 is 0. The minimum Gasteiger partial charge on any atom is -0.464 e. The Morgan fingerprint density at radius 1 is 1.00 bits per heavy atom. The van der Waals surface area contributed by atoms with Crippen molar-refractivity contribution < 1.29 is 19.0 Å². The number of nitro groups is 1. The molecule has 1 atom stereocenters. The van der Waals surface area contributed by atoms with E-state index in [2.05, 4.69) is 39.7 Å². The van der Waals surface area contributed by atoms with Gasteiger partial charge in [-0.3, -0.25) is 20.0 Å². The first-order valence-electron chi connectivity index (χ1n) is 10.5. The number of ether oxygens (including phenoxy) is 1. The predicted molar refractivity (Wildman–Crippen MR) is 119 cm³/mol. The first-order valence-corrected chi connectivity index (χ1v) is 11.4. The van der Waals surface area contributed by atoms with Gasteiger partial charge >= 0.3 is 5.97 Å². The molecular weight excluding hydrogens is 391 g/mol. The van der Waals surface area contributed by atoms with Gasteiger partial charge in [-0.15, -0.1) is 0 Å². The molecule has 0 aromatic heterocycles. The molecule has 166 valence electrons. The van der Waals surface area contributed by atoms with E-state index in [9.17, 15) is 14.9 Å². The van der Waals surface area contributed by atoms with Gasteiger partial charge in [-0.2, -0.15) is 0 Å². The van der Waals surface area contributed by atoms with Crippen LogP contribution in [0.25, 0.3) is 0 Å². The molecule has 0 saturated carbocycles. The summed E-state index contributed by atoms with van der Waals surface area (Å²) in [7, 11) is -0.127. The number of carbonyl (C=O) groups excluding carboxylic acids is 1. The molecule has 0 heterocycles. The molecule has 1 rings (SSSR count). The SMILES string of the molecule is CCC(CC)CC.CCC(CC)COC(=O)CNPOc1ccc([N+](=O)[O-])cc1. The highest BCUT2D eigenvalue weighted by molar-refractivity contribution is 7.30. The van der Waals surface area contributed by atoms with Gasteiger partial charge in [-0.25, -0.2) is 0 Å². The normalized spacial score (nSPS) is 10.9. The number of esters is 1. The molecule has 0 aliphatic rings. The van der Waals surface area contributed by atoms with Crippen molar-refractivity contribution >= 4 is 20.6 Å². The minimum absolute atomic E-state index is 0.00798. The van der Waals surface area contributed by atoms with E-state index in [1.165, 1.54) is 43.5 Å². The highest BCUT2D eigenvalue weighted by Crippen LogP contribution is 2.21. The van der Waals surface area contributed by atoms with Crippen LogP contribution in [0, 0.1) is 22.0 Å². The Balaban J connectivity index is 0.000000956. The summed E-state index contributed by atoms with van der Waals surface area (Å²) in [5.74, 6) is 1.58. The number of hydrogen-bond donors (Lipinski definition) is 1. The number of nitro benzene ring substituents is 1. The van der Waals surface area contributed by atoms with E-state index in [1.54, 1.807) is 0 Å². The van der Waals surface area contributed by atoms with Crippen molar-refractivity contribution in [2.24, 2.45) is 11.8 Å². The molecule has 1 unspecified atom stereocenters. The van der Waals surface area contributed by atoms with E-state index in [1.807, 2.05) is 0 Å². The Kier molecular flexibility index (Phi) is 16.1. The van der Waals surface area contributed by atoms with Crippen molar-refractivity contribution in [1.29, 1.82) is 0 Å². The largest absolute Gasteiger partial charge is 0.464 e. The van der Waals surface area contributed by atoms with Crippen LogP contribution in [0.5, 0.6) is 5.75 Å². The quantitative estimate of drug-likeness (QED) is 0.139. The Bertz CT molecular complexity index is 555. The van der Waals surface area contributed by atoms with Crippen LogP contribution in [0.4, 0.5) is 5.69 Å². The summed E-state index contributed by atoms with van der Waals surface area (Å²) in [6.07, 6.45) is 6.04. The summed E-state index contributed by atoms with van der Waals surface area (Å²) in [6, 6.07) is 5.75. The molecule has 0 amide bonds. The Morgan fingerprint density at radius 2 is 1.52 bits per heavy atom. The van der Waals surface area contributed by atoms with E-state index in [0.717, 1.165) is 18.8 Å². The van der Waals surface area contributed by atoms with Crippen molar-refractivity contribution in [2.45, 2.75) is 66.7 Å². The zero-order valence-corrected chi connectivity index (χ0v) is 19.4. The fourth-order valence-electron chi connectivity index (χ4n) is 2.49. The van der Waals surface area contributed by atoms with Crippen LogP contribution in [0.2, 0.25) is 0 Å². The molecule has 0 aliphatic carbocycles. The maximum absolute atomic E-state index is 11.5. The van der Waals surface area contributed by atoms with Crippen LogP contribution < -0.4 is 9.61 Å². The van der Waals surface area contributed by atoms with Crippen LogP contribution in [0.3, 0.4) is 0 Å². The Labute approximate surface area is 177 Å². The van der Waals surface area contributed by atoms with Crippen LogP contribution >= 0.6 is 8.96 Å². The lowest BCUT2D eigenvalue weighted by atomic mass is 10.0. The van der Waals surface area contributed by atoms with Gasteiger partial charge in [0.15, 0.2) is 0 Å². The van der Waals surface area contributed by atoms with E-state index in [0.29, 0.717) is 18.3 Å². The summed E-state index contributed by atoms with van der Waals surface area (Å²) in [5, 5.41) is 13.3. The van der Waals surface area contributed by atoms with Gasteiger partial charge < -0.3 is 9.26 Å². The smallest absolute Gasteiger partial charge is 0.320 e. The second-order valence-electron chi connectivity index (χ2n) is 6.76. The number of nitrogens with one attached hydrogen (secondary N) is 1. The van der Waals surface area contributed by atoms with Gasteiger partial charge in [0, 0.05) is 12.1 Å². The average molecular weight is 429 g/mol. The Hall–Kier alpha value is -1.72. The molecule has 0 saturated heterocycles. The van der Waals surface area contributed by atoms with Gasteiger partial charge in [-0.1, -0.05) is 66.7 Å². The van der Waals surface area contributed by atoms with Crippen LogP contribution in [0.1, 0.15) is 66.7 Å². The fraction of sp³-hybridized carbons (Fsp3) is 0.667. The zero-order chi connectivity index (χ0) is 22.1. The number of rotatable bonds is 13. The summed E-state index contributed by atoms with van der Waals surface area (Å²) in [4.78, 5) is 21.5. The van der Waals surface area contributed by atoms with Crippen molar-refractivity contribution in [3.8, 4) is 5.75 Å². The Morgan fingerprint density at radius 3 is 1.93 bits per heavy atom. The summed E-state index contributed by atoms with van der Waals surface area (Å²) < 4.78 is 10.5. The summed E-state index contributed by atoms with van der Waals surface area (Å²) in [6.45, 7) is 11.4. The standard InChI is InChI=1S/C14H21N2O5P.C7H16/c1-3-11(4-2)10-20-14(17)9-15-22-21-13-7-5-12(6-8-13)16(18)19;1-4-7(5-2)6-3/h5-8,11,15,22H,3-4,9-10H2,1-2H3;7H,4-6H2,1-3H3. The predicted octanol–water partition coefficient (Wildman–Crippen LogP) is 5.88. The van der Waals surface area contributed by atoms with Crippen LogP contribution in [-0.2, 0) is 9.53 Å². The highest BCUT2D eigenvalue weighted by atomic mass is 31.1. The lowest BCUT2D eigenvalue weighted by Crippen LogP contribution is -2.22. The molecule has 29 heavy (non-hydrogen) atoms. The number of non-ortho nitro benzene ring substituents is 1. The second-order valence-corrected chi connectivity index (χ2v) is 7.53. The van der Waals surface area contributed by atoms with Gasteiger partial charge in [0.05, 0.1) is 18.1 Å². The van der Waals surface area contributed by atoms with Gasteiger partial charge in [0.2, 0.25) is 0 Å². The molecule has 0 bridgehead atoms. The average Bonchev–Trinajstić information content (AvgIpc) is 2.74. The van der Waals surface area contributed by atoms with Gasteiger partial charge in [0.25, 0.3) is 5.69 Å². The van der Waals surface area contributed by atoms with E-state index in [-0.39, 0.29) is 27.2 Å². The van der Waals surface area contributed by atoms with Crippen LogP contribution in [-0.4, -0.2) is 24.0 Å².